The molecule has 7 heteroatoms. The minimum Gasteiger partial charge on any atom is -0.373 e. The van der Waals surface area contributed by atoms with Crippen molar-refractivity contribution in [2.45, 2.75) is 26.1 Å². The molecule has 1 rings (SSSR count). The van der Waals surface area contributed by atoms with E-state index in [1.807, 2.05) is 13.8 Å². The Bertz CT molecular complexity index is 310. The zero-order valence-electron chi connectivity index (χ0n) is 10.1. The van der Waals surface area contributed by atoms with Gasteiger partial charge in [0.1, 0.15) is 0 Å². The van der Waals surface area contributed by atoms with Gasteiger partial charge in [0.05, 0.1) is 12.2 Å². The first kappa shape index (κ1) is 13.9. The smallest absolute Gasteiger partial charge is 0.281 e. The molecule has 0 aromatic rings. The Kier molecular flexibility index (Phi) is 4.69. The van der Waals surface area contributed by atoms with E-state index < -0.39 is 10.2 Å². The van der Waals surface area contributed by atoms with Gasteiger partial charge in [0, 0.05) is 33.2 Å². The van der Waals surface area contributed by atoms with Gasteiger partial charge in [-0.2, -0.15) is 17.0 Å². The number of nitrogens with two attached hydrogens (primary N) is 1. The number of hydrogen-bond acceptors (Lipinski definition) is 4. The summed E-state index contributed by atoms with van der Waals surface area (Å²) in [5.41, 5.74) is 5.36. The van der Waals surface area contributed by atoms with Crippen LogP contribution in [0.3, 0.4) is 0 Å². The fourth-order valence-electron chi connectivity index (χ4n) is 1.81. The molecule has 0 aromatic heterocycles. The molecule has 0 aliphatic carbocycles. The highest BCUT2D eigenvalue weighted by atomic mass is 32.2. The Morgan fingerprint density at radius 1 is 1.38 bits per heavy atom. The van der Waals surface area contributed by atoms with Gasteiger partial charge < -0.3 is 10.5 Å². The molecule has 0 radical (unpaired) electrons. The van der Waals surface area contributed by atoms with Gasteiger partial charge in [-0.3, -0.25) is 0 Å². The van der Waals surface area contributed by atoms with Crippen LogP contribution in [0.1, 0.15) is 13.8 Å². The summed E-state index contributed by atoms with van der Waals surface area (Å²) in [6, 6.07) is 0. The minimum absolute atomic E-state index is 0.0650. The summed E-state index contributed by atoms with van der Waals surface area (Å²) >= 11 is 0. The SMILES string of the molecule is CC1CN(S(=O)(=O)N(C)CCN)CC(C)O1. The largest absolute Gasteiger partial charge is 0.373 e. The van der Waals surface area contributed by atoms with E-state index in [2.05, 4.69) is 0 Å². The van der Waals surface area contributed by atoms with E-state index in [0.717, 1.165) is 0 Å². The molecule has 1 fully saturated rings. The van der Waals surface area contributed by atoms with Crippen molar-refractivity contribution in [2.24, 2.45) is 5.73 Å². The van der Waals surface area contributed by atoms with Crippen molar-refractivity contribution in [3.8, 4) is 0 Å². The van der Waals surface area contributed by atoms with Crippen molar-refractivity contribution in [2.75, 3.05) is 33.2 Å². The lowest BCUT2D eigenvalue weighted by atomic mass is 10.3. The van der Waals surface area contributed by atoms with Crippen LogP contribution in [0, 0.1) is 0 Å². The normalized spacial score (nSPS) is 28.6. The van der Waals surface area contributed by atoms with Crippen LogP contribution in [0.2, 0.25) is 0 Å². The third-order valence-corrected chi connectivity index (χ3v) is 4.47. The van der Waals surface area contributed by atoms with E-state index >= 15 is 0 Å². The van der Waals surface area contributed by atoms with Crippen molar-refractivity contribution < 1.29 is 13.2 Å². The summed E-state index contributed by atoms with van der Waals surface area (Å²) in [5.74, 6) is 0. The number of hydrogen-bond donors (Lipinski definition) is 1. The molecule has 0 bridgehead atoms. The maximum Gasteiger partial charge on any atom is 0.281 e. The van der Waals surface area contributed by atoms with Crippen LogP contribution in [0.15, 0.2) is 0 Å². The van der Waals surface area contributed by atoms with Crippen molar-refractivity contribution in [3.63, 3.8) is 0 Å². The summed E-state index contributed by atoms with van der Waals surface area (Å²) in [6.07, 6.45) is -0.130. The zero-order valence-corrected chi connectivity index (χ0v) is 10.9. The van der Waals surface area contributed by atoms with Crippen molar-refractivity contribution in [1.82, 2.24) is 8.61 Å². The molecule has 2 unspecified atom stereocenters. The van der Waals surface area contributed by atoms with Gasteiger partial charge >= 0.3 is 0 Å². The average molecular weight is 251 g/mol. The van der Waals surface area contributed by atoms with Crippen LogP contribution < -0.4 is 5.73 Å². The fourth-order valence-corrected chi connectivity index (χ4v) is 3.34. The number of rotatable bonds is 4. The number of nitrogens with zero attached hydrogens (tertiary/aromatic N) is 2. The molecule has 1 aliphatic heterocycles. The van der Waals surface area contributed by atoms with E-state index in [-0.39, 0.29) is 12.2 Å². The highest BCUT2D eigenvalue weighted by Crippen LogP contribution is 2.16. The third kappa shape index (κ3) is 3.14. The summed E-state index contributed by atoms with van der Waals surface area (Å²) in [4.78, 5) is 0. The zero-order chi connectivity index (χ0) is 12.3. The summed E-state index contributed by atoms with van der Waals surface area (Å²) in [7, 11) is -1.83. The number of likely N-dealkylation sites (N-methyl/N-ethyl adjacent to an activating group) is 1. The topological polar surface area (TPSA) is 75.9 Å². The Morgan fingerprint density at radius 3 is 2.31 bits per heavy atom. The average Bonchev–Trinajstić information content (AvgIpc) is 2.16. The van der Waals surface area contributed by atoms with E-state index in [1.54, 1.807) is 7.05 Å². The van der Waals surface area contributed by atoms with Gasteiger partial charge in [0.2, 0.25) is 0 Å². The molecule has 96 valence electrons. The molecule has 0 amide bonds. The summed E-state index contributed by atoms with van der Waals surface area (Å²) in [6.45, 7) is 5.22. The maximum absolute atomic E-state index is 12.1. The van der Waals surface area contributed by atoms with Crippen LogP contribution in [0.5, 0.6) is 0 Å². The molecule has 0 aromatic carbocycles. The number of morpholine rings is 1. The van der Waals surface area contributed by atoms with E-state index in [4.69, 9.17) is 10.5 Å². The Hall–Kier alpha value is -0.210. The van der Waals surface area contributed by atoms with Gasteiger partial charge in [-0.25, -0.2) is 0 Å². The molecule has 0 saturated carbocycles. The second-order valence-electron chi connectivity index (χ2n) is 4.19. The summed E-state index contributed by atoms with van der Waals surface area (Å²) in [5, 5.41) is 0. The first-order valence-corrected chi connectivity index (χ1v) is 6.84. The van der Waals surface area contributed by atoms with Gasteiger partial charge in [-0.1, -0.05) is 0 Å². The lowest BCUT2D eigenvalue weighted by Gasteiger charge is -2.36. The van der Waals surface area contributed by atoms with Crippen molar-refractivity contribution >= 4 is 10.2 Å². The predicted molar refractivity (Wildman–Crippen MR) is 62.2 cm³/mol. The lowest BCUT2D eigenvalue weighted by molar-refractivity contribution is -0.0452. The first-order chi connectivity index (χ1) is 7.37. The Balaban J connectivity index is 2.75. The molecule has 1 saturated heterocycles. The van der Waals surface area contributed by atoms with Gasteiger partial charge in [0.25, 0.3) is 10.2 Å². The first-order valence-electron chi connectivity index (χ1n) is 5.45. The predicted octanol–water partition coefficient (Wildman–Crippen LogP) is -0.769. The van der Waals surface area contributed by atoms with E-state index in [1.165, 1.54) is 8.61 Å². The molecular formula is C9H21N3O3S. The quantitative estimate of drug-likeness (QED) is 0.712. The molecule has 2 atom stereocenters. The monoisotopic (exact) mass is 251 g/mol. The van der Waals surface area contributed by atoms with E-state index in [0.29, 0.717) is 26.2 Å². The lowest BCUT2D eigenvalue weighted by Crippen LogP contribution is -2.52. The van der Waals surface area contributed by atoms with Gasteiger partial charge in [-0.05, 0) is 13.8 Å². The van der Waals surface area contributed by atoms with Crippen LogP contribution in [0.25, 0.3) is 0 Å². The van der Waals surface area contributed by atoms with Gasteiger partial charge in [0.15, 0.2) is 0 Å². The molecule has 6 nitrogen and oxygen atoms in total. The molecule has 16 heavy (non-hydrogen) atoms. The van der Waals surface area contributed by atoms with Crippen LogP contribution >= 0.6 is 0 Å². The molecule has 2 N–H and O–H groups in total. The van der Waals surface area contributed by atoms with Crippen LogP contribution in [-0.2, 0) is 14.9 Å². The molecular weight excluding hydrogens is 230 g/mol. The standard InChI is InChI=1S/C9H21N3O3S/c1-8-6-12(7-9(2)15-8)16(13,14)11(3)5-4-10/h8-9H,4-7,10H2,1-3H3. The highest BCUT2D eigenvalue weighted by Gasteiger charge is 2.33. The Labute approximate surface area is 97.5 Å². The fraction of sp³-hybridized carbons (Fsp3) is 1.00. The third-order valence-electron chi connectivity index (χ3n) is 2.55. The van der Waals surface area contributed by atoms with Crippen molar-refractivity contribution in [1.29, 1.82) is 0 Å². The van der Waals surface area contributed by atoms with E-state index in [9.17, 15) is 8.42 Å². The maximum atomic E-state index is 12.1. The summed E-state index contributed by atoms with van der Waals surface area (Å²) < 4.78 is 32.5. The minimum atomic E-state index is -3.38. The molecule has 0 spiro atoms. The second-order valence-corrected chi connectivity index (χ2v) is 6.23. The van der Waals surface area contributed by atoms with Gasteiger partial charge in [-0.15, -0.1) is 0 Å². The molecule has 1 heterocycles. The van der Waals surface area contributed by atoms with Crippen LogP contribution in [0.4, 0.5) is 0 Å². The molecule has 1 aliphatic rings. The van der Waals surface area contributed by atoms with Crippen molar-refractivity contribution in [3.05, 3.63) is 0 Å². The Morgan fingerprint density at radius 2 is 1.88 bits per heavy atom. The number of ether oxygens (including phenoxy) is 1. The second kappa shape index (κ2) is 5.42. The van der Waals surface area contributed by atoms with Crippen LogP contribution in [-0.4, -0.2) is 62.5 Å². The highest BCUT2D eigenvalue weighted by molar-refractivity contribution is 7.86.